The highest BCUT2D eigenvalue weighted by atomic mass is 35.5. The number of halogens is 1. The highest BCUT2D eigenvalue weighted by molar-refractivity contribution is 7.60. The molecule has 52 heteroatoms. The summed E-state index contributed by atoms with van der Waals surface area (Å²) in [4.78, 5) is 107. The molecule has 0 spiro atoms. The van der Waals surface area contributed by atoms with Crippen LogP contribution in [0.25, 0.3) is 54.6 Å². The molecule has 0 aliphatic carbocycles. The maximum absolute atomic E-state index is 12.0. The highest BCUT2D eigenvalue weighted by Crippen LogP contribution is 2.33. The topological polar surface area (TPSA) is 650 Å². The van der Waals surface area contributed by atoms with Crippen molar-refractivity contribution in [3.63, 3.8) is 0 Å². The number of nitro benzene ring substituents is 4. The van der Waals surface area contributed by atoms with Crippen LogP contribution in [0.1, 0.15) is 95.6 Å². The van der Waals surface area contributed by atoms with Crippen molar-refractivity contribution in [2.24, 2.45) is 5.11 Å². The molecule has 644 valence electrons. The second-order valence-electron chi connectivity index (χ2n) is 25.6. The Labute approximate surface area is 679 Å². The fourth-order valence-corrected chi connectivity index (χ4v) is 11.2. The Morgan fingerprint density at radius 3 is 1.29 bits per heavy atom. The number of imide groups is 1. The van der Waals surface area contributed by atoms with Crippen LogP contribution < -0.4 is 31.7 Å². The highest BCUT2D eigenvalue weighted by Gasteiger charge is 2.33. The van der Waals surface area contributed by atoms with Crippen molar-refractivity contribution in [2.45, 2.75) is 103 Å². The molecule has 119 heavy (non-hydrogen) atoms. The normalized spacial score (nSPS) is 11.8. The van der Waals surface area contributed by atoms with Crippen molar-refractivity contribution in [3.05, 3.63) is 116 Å². The van der Waals surface area contributed by atoms with Gasteiger partial charge >= 0.3 is 28.7 Å². The fourth-order valence-electron chi connectivity index (χ4n) is 10.5. The van der Waals surface area contributed by atoms with Crippen LogP contribution in [0, 0.1) is 40.5 Å². The molecule has 4 aromatic carbocycles. The van der Waals surface area contributed by atoms with E-state index in [1.165, 1.54) is 36.4 Å². The standard InChI is InChI=1S/C25H40N9O8P.C20H30N8O7.C16H17N5O7.C6H2ClN3O3/c1-43(2,38)28-18-20-19-33(32-29-20)11-13-40-15-17-41-16-14-39-12-10-27-23(35)6-4-3-5-9-26-21-7-8-22(34(36)37)25-24(21)30-42-31-25;21-27-24-9-11-33-13-15-34-14-12-32-10-8-23-18(29)4-2-1-3-7-22-16-5-6-17(28(30)31)20-19(16)25-35-26-20;22-12-7-8-13(23)20(12)27-14(24)4-2-1-3-9-17-10-5-6-11(21(25)26)16-15(10)18-28-19-16;7-3-1-2-4(10(11)12)6-5(3)8-13-9-6/h7-8,19,26H,3-6,9-18H2,1-2H3,(H,27,35)(H,28,38);5-6,22H,1-4,7-15H2,(H,23,29);5-6,17H,1-4,7-9H2;1-2H. The molecule has 4 amide bonds. The summed E-state index contributed by atoms with van der Waals surface area (Å²) < 4.78 is 64.0. The number of nitrogens with zero attached hydrogens (tertiary/aromatic N) is 19. The first kappa shape index (κ1) is 93.9. The summed E-state index contributed by atoms with van der Waals surface area (Å²) in [6, 6.07) is 11.4. The molecule has 9 aromatic rings. The molecule has 0 unspecified atom stereocenters. The number of nitro groups is 4. The number of hydrogen-bond donors (Lipinski definition) is 6. The molecule has 1 aliphatic rings. The molecule has 0 radical (unpaired) electrons. The maximum atomic E-state index is 12.0. The molecule has 6 heterocycles. The number of carbonyl (C=O) groups is 5. The number of azide groups is 1. The Morgan fingerprint density at radius 2 is 0.874 bits per heavy atom. The first-order valence-electron chi connectivity index (χ1n) is 37.3. The molecule has 6 N–H and O–H groups in total. The minimum absolute atomic E-state index is 0.0257. The molecule has 0 saturated carbocycles. The number of hydrogen-bond acceptors (Lipinski definition) is 39. The summed E-state index contributed by atoms with van der Waals surface area (Å²) in [5.41, 5.74) is 11.5. The SMILES string of the molecule is CP(C)(=O)NCc1cn(CCOCCOCCOCCNC(=O)CCCCCNc2ccc([N+](=O)[O-])c3nonc23)nn1.O=C(CCCCCNc1ccc([N+](=O)[O-])c2nonc12)ON1C(=O)CCC1=O.O=[N+]([O-])c1ccc(Cl)c2nonc12.[N-]=[N+]=NCCOCCOCCOCCNC(=O)CCCCCNc1ccc([N+](=O)[O-])c2nonc12. The van der Waals surface area contributed by atoms with Gasteiger partial charge in [0.05, 0.1) is 133 Å². The number of aromatic nitrogens is 11. The van der Waals surface area contributed by atoms with E-state index in [9.17, 15) is 69.0 Å². The summed E-state index contributed by atoms with van der Waals surface area (Å²) in [5.74, 6) is -1.68. The Kier molecular flexibility index (Phi) is 40.8. The molecule has 5 aromatic heterocycles. The lowest BCUT2D eigenvalue weighted by Crippen LogP contribution is -2.31. The maximum Gasteiger partial charge on any atom is 0.333 e. The van der Waals surface area contributed by atoms with Gasteiger partial charge in [0.2, 0.25) is 33.9 Å². The number of rotatable bonds is 53. The Morgan fingerprint density at radius 1 is 0.504 bits per heavy atom. The van der Waals surface area contributed by atoms with Gasteiger partial charge in [-0.05, 0) is 110 Å². The zero-order chi connectivity index (χ0) is 85.6. The minimum atomic E-state index is -2.30. The van der Waals surface area contributed by atoms with Crippen LogP contribution in [0.2, 0.25) is 5.02 Å². The number of anilines is 3. The summed E-state index contributed by atoms with van der Waals surface area (Å²) in [5, 5.41) is 103. The lowest BCUT2D eigenvalue weighted by molar-refractivity contribution is -0.383. The molecule has 10 rings (SSSR count). The van der Waals surface area contributed by atoms with Gasteiger partial charge < -0.3 is 64.4 Å². The number of carbonyl (C=O) groups excluding carboxylic acids is 5. The van der Waals surface area contributed by atoms with Gasteiger partial charge in [-0.15, -0.1) is 10.2 Å². The third kappa shape index (κ3) is 33.3. The molecule has 0 bridgehead atoms. The second-order valence-corrected chi connectivity index (χ2v) is 29.0. The monoisotopic (exact) mass is 1710 g/mol. The van der Waals surface area contributed by atoms with Crippen LogP contribution in [0.5, 0.6) is 0 Å². The van der Waals surface area contributed by atoms with Crippen molar-refractivity contribution in [3.8, 4) is 0 Å². The number of fused-ring (bicyclic) bond motifs is 4. The number of ether oxygens (including phenoxy) is 6. The van der Waals surface area contributed by atoms with E-state index in [2.05, 4.69) is 112 Å². The third-order valence-corrected chi connectivity index (χ3v) is 17.6. The van der Waals surface area contributed by atoms with Crippen molar-refractivity contribution in [2.75, 3.05) is 148 Å². The van der Waals surface area contributed by atoms with E-state index in [0.717, 1.165) is 44.2 Å². The average Bonchev–Trinajstić information content (AvgIpc) is 1.70. The minimum Gasteiger partial charge on any atom is -0.383 e. The number of amides is 4. The largest absolute Gasteiger partial charge is 0.383 e. The van der Waals surface area contributed by atoms with Gasteiger partial charge in [-0.1, -0.05) is 41.2 Å². The number of hydroxylamine groups is 2. The van der Waals surface area contributed by atoms with Gasteiger partial charge in [0.1, 0.15) is 7.29 Å². The first-order valence-corrected chi connectivity index (χ1v) is 40.2. The van der Waals surface area contributed by atoms with Gasteiger partial charge in [-0.3, -0.25) is 64.7 Å². The third-order valence-electron chi connectivity index (χ3n) is 16.4. The van der Waals surface area contributed by atoms with Crippen LogP contribution in [-0.2, 0) is 74.9 Å². The molecule has 1 aliphatic heterocycles. The van der Waals surface area contributed by atoms with E-state index in [0.29, 0.717) is 197 Å². The summed E-state index contributed by atoms with van der Waals surface area (Å²) in [7, 11) is -2.30. The lowest BCUT2D eigenvalue weighted by Gasteiger charge is -2.12. The van der Waals surface area contributed by atoms with E-state index in [1.54, 1.807) is 36.3 Å². The van der Waals surface area contributed by atoms with Crippen molar-refractivity contribution in [1.29, 1.82) is 0 Å². The Hall–Kier alpha value is -12.3. The molecular weight excluding hydrogens is 1620 g/mol. The van der Waals surface area contributed by atoms with Crippen molar-refractivity contribution in [1.82, 2.24) is 77.0 Å². The van der Waals surface area contributed by atoms with Crippen molar-refractivity contribution < 1.29 is 100 Å². The summed E-state index contributed by atoms with van der Waals surface area (Å²) >= 11 is 5.69. The van der Waals surface area contributed by atoms with E-state index in [1.807, 2.05) is 0 Å². The van der Waals surface area contributed by atoms with E-state index < -0.39 is 44.8 Å². The predicted molar refractivity (Wildman–Crippen MR) is 418 cm³/mol. The van der Waals surface area contributed by atoms with Crippen molar-refractivity contribution >= 4 is 132 Å². The zero-order valence-corrected chi connectivity index (χ0v) is 66.4. The predicted octanol–water partition coefficient (Wildman–Crippen LogP) is 8.26. The summed E-state index contributed by atoms with van der Waals surface area (Å²) in [6.07, 6.45) is 9.59. The van der Waals surface area contributed by atoms with Gasteiger partial charge in [0.25, 0.3) is 11.8 Å². The zero-order valence-electron chi connectivity index (χ0n) is 64.8. The lowest BCUT2D eigenvalue weighted by atomic mass is 10.1. The van der Waals surface area contributed by atoms with E-state index in [4.69, 9.17) is 50.4 Å². The summed E-state index contributed by atoms with van der Waals surface area (Å²) in [6.45, 7) is 12.4. The van der Waals surface area contributed by atoms with Gasteiger partial charge in [-0.2, -0.15) is 0 Å². The number of unbranched alkanes of at least 4 members (excludes halogenated alkanes) is 6. The Bertz CT molecular complexity index is 4850. The number of benzene rings is 4. The second kappa shape index (κ2) is 51.7. The molecular formula is C67H89ClN25O25P. The Balaban J connectivity index is 0.000000232. The molecule has 1 saturated heterocycles. The fraction of sp³-hybridized carbons (Fsp3) is 0.537. The van der Waals surface area contributed by atoms with Crippen LogP contribution in [-0.4, -0.2) is 242 Å². The van der Waals surface area contributed by atoms with Crippen LogP contribution in [0.15, 0.2) is 78.4 Å². The van der Waals surface area contributed by atoms with Crippen LogP contribution >= 0.6 is 18.9 Å². The first-order chi connectivity index (χ1) is 57.5. The van der Waals surface area contributed by atoms with Gasteiger partial charge in [0.15, 0.2) is 22.1 Å². The van der Waals surface area contributed by atoms with Crippen LogP contribution in [0.3, 0.4) is 0 Å². The molecule has 0 atom stereocenters. The van der Waals surface area contributed by atoms with E-state index >= 15 is 0 Å². The smallest absolute Gasteiger partial charge is 0.333 e. The van der Waals surface area contributed by atoms with Gasteiger partial charge in [-0.25, -0.2) is 28.0 Å². The number of nitrogens with one attached hydrogen (secondary N) is 6. The average molecular weight is 1710 g/mol. The molecule has 50 nitrogen and oxygen atoms in total. The van der Waals surface area contributed by atoms with Crippen LogP contribution in [0.4, 0.5) is 39.8 Å². The molecule has 1 fully saturated rings. The number of non-ortho nitro benzene ring substituents is 4. The van der Waals surface area contributed by atoms with E-state index in [-0.39, 0.29) is 91.9 Å². The quantitative estimate of drug-likeness (QED) is 0.00305. The van der Waals surface area contributed by atoms with Gasteiger partial charge in [0, 0.05) is 127 Å².